The molecular formula is C15H23N3O3. The molecule has 0 amide bonds. The summed E-state index contributed by atoms with van der Waals surface area (Å²) in [4.78, 5) is 19.9. The van der Waals surface area contributed by atoms with Gasteiger partial charge in [0.15, 0.2) is 5.82 Å². The summed E-state index contributed by atoms with van der Waals surface area (Å²) in [5.41, 5.74) is 5.66. The van der Waals surface area contributed by atoms with Gasteiger partial charge in [-0.1, -0.05) is 13.3 Å². The van der Waals surface area contributed by atoms with Crippen molar-refractivity contribution in [3.8, 4) is 0 Å². The minimum Gasteiger partial charge on any atom is -0.477 e. The van der Waals surface area contributed by atoms with Gasteiger partial charge < -0.3 is 15.6 Å². The first-order chi connectivity index (χ1) is 9.89. The fraction of sp³-hybridized carbons (Fsp3) is 0.667. The van der Waals surface area contributed by atoms with E-state index in [9.17, 15) is 4.79 Å². The van der Waals surface area contributed by atoms with E-state index in [4.69, 9.17) is 15.6 Å². The molecule has 2 atom stereocenters. The van der Waals surface area contributed by atoms with Crippen LogP contribution < -0.4 is 5.73 Å². The molecule has 3 N–H and O–H groups in total. The first-order valence-corrected chi connectivity index (χ1v) is 7.41. The summed E-state index contributed by atoms with van der Waals surface area (Å²) in [6.07, 6.45) is 3.89. The molecule has 1 aromatic rings. The Morgan fingerprint density at radius 3 is 2.76 bits per heavy atom. The average Bonchev–Trinajstić information content (AvgIpc) is 2.37. The number of anilines is 1. The van der Waals surface area contributed by atoms with Crippen molar-refractivity contribution in [2.45, 2.75) is 52.1 Å². The van der Waals surface area contributed by atoms with E-state index in [1.807, 2.05) is 6.92 Å². The number of hydrogen-bond acceptors (Lipinski definition) is 5. The maximum Gasteiger partial charge on any atom is 0.341 e. The van der Waals surface area contributed by atoms with E-state index in [0.717, 1.165) is 25.7 Å². The van der Waals surface area contributed by atoms with Crippen LogP contribution in [-0.4, -0.2) is 27.7 Å². The smallest absolute Gasteiger partial charge is 0.341 e. The van der Waals surface area contributed by atoms with Crippen LogP contribution in [-0.2, 0) is 10.3 Å². The van der Waals surface area contributed by atoms with Gasteiger partial charge >= 0.3 is 5.97 Å². The van der Waals surface area contributed by atoms with Crippen molar-refractivity contribution in [1.82, 2.24) is 9.97 Å². The highest BCUT2D eigenvalue weighted by Crippen LogP contribution is 2.42. The van der Waals surface area contributed by atoms with E-state index in [2.05, 4.69) is 16.9 Å². The summed E-state index contributed by atoms with van der Waals surface area (Å²) in [5, 5.41) is 9.17. The van der Waals surface area contributed by atoms with Crippen molar-refractivity contribution in [2.75, 3.05) is 12.3 Å². The standard InChI is InChI=1S/C15H23N3O3/c1-4-21-15(7-5-6-9(2)8-15)14-17-10(3)11(13(19)20)12(16)18-14/h9H,4-8H2,1-3H3,(H,19,20)(H2,16,17,18). The van der Waals surface area contributed by atoms with Crippen LogP contribution in [0.5, 0.6) is 0 Å². The van der Waals surface area contributed by atoms with Crippen molar-refractivity contribution in [3.63, 3.8) is 0 Å². The number of rotatable bonds is 4. The SMILES string of the molecule is CCOC1(c2nc(C)c(C(=O)O)c(N)n2)CCCC(C)C1. The zero-order valence-electron chi connectivity index (χ0n) is 12.8. The normalized spacial score (nSPS) is 25.8. The monoisotopic (exact) mass is 293 g/mol. The Bertz CT molecular complexity index is 520. The number of hydrogen-bond donors (Lipinski definition) is 2. The first kappa shape index (κ1) is 15.7. The number of aryl methyl sites for hydroxylation is 1. The van der Waals surface area contributed by atoms with Crippen LogP contribution in [0.2, 0.25) is 0 Å². The Morgan fingerprint density at radius 2 is 2.24 bits per heavy atom. The molecule has 6 nitrogen and oxygen atoms in total. The lowest BCUT2D eigenvalue weighted by molar-refractivity contribution is -0.0881. The number of nitrogens with two attached hydrogens (primary N) is 1. The van der Waals surface area contributed by atoms with Gasteiger partial charge in [-0.3, -0.25) is 0 Å². The lowest BCUT2D eigenvalue weighted by atomic mass is 9.78. The Morgan fingerprint density at radius 1 is 1.52 bits per heavy atom. The number of ether oxygens (including phenoxy) is 1. The van der Waals surface area contributed by atoms with Crippen molar-refractivity contribution in [1.29, 1.82) is 0 Å². The predicted octanol–water partition coefficient (Wildman–Crippen LogP) is 2.51. The van der Waals surface area contributed by atoms with Crippen molar-refractivity contribution < 1.29 is 14.6 Å². The van der Waals surface area contributed by atoms with E-state index < -0.39 is 11.6 Å². The second-order valence-electron chi connectivity index (χ2n) is 5.83. The minimum atomic E-state index is -1.10. The largest absolute Gasteiger partial charge is 0.477 e. The Balaban J connectivity index is 2.48. The number of carbonyl (C=O) groups is 1. The quantitative estimate of drug-likeness (QED) is 0.885. The third kappa shape index (κ3) is 3.00. The number of aromatic carboxylic acids is 1. The van der Waals surface area contributed by atoms with E-state index in [1.54, 1.807) is 6.92 Å². The number of carboxylic acid groups (broad SMARTS) is 1. The van der Waals surface area contributed by atoms with Crippen molar-refractivity contribution in [2.24, 2.45) is 5.92 Å². The second-order valence-corrected chi connectivity index (χ2v) is 5.83. The maximum absolute atomic E-state index is 11.2. The Labute approximate surface area is 124 Å². The number of aromatic nitrogens is 2. The van der Waals surface area contributed by atoms with E-state index in [0.29, 0.717) is 24.0 Å². The van der Waals surface area contributed by atoms with Crippen LogP contribution in [0.15, 0.2) is 0 Å². The van der Waals surface area contributed by atoms with Crippen LogP contribution >= 0.6 is 0 Å². The molecule has 21 heavy (non-hydrogen) atoms. The average molecular weight is 293 g/mol. The van der Waals surface area contributed by atoms with Crippen molar-refractivity contribution in [3.05, 3.63) is 17.1 Å². The van der Waals surface area contributed by atoms with Gasteiger partial charge in [0.2, 0.25) is 0 Å². The van der Waals surface area contributed by atoms with Gasteiger partial charge in [-0.25, -0.2) is 14.8 Å². The van der Waals surface area contributed by atoms with Crippen LogP contribution in [0, 0.1) is 12.8 Å². The third-order valence-corrected chi connectivity index (χ3v) is 4.12. The molecular weight excluding hydrogens is 270 g/mol. The van der Waals surface area contributed by atoms with Gasteiger partial charge in [-0.2, -0.15) is 0 Å². The summed E-state index contributed by atoms with van der Waals surface area (Å²) in [5.74, 6) is -0.0354. The molecule has 2 unspecified atom stereocenters. The van der Waals surface area contributed by atoms with Crippen molar-refractivity contribution >= 4 is 11.8 Å². The molecule has 0 aliphatic heterocycles. The summed E-state index contributed by atoms with van der Waals surface area (Å²) in [6, 6.07) is 0. The highest BCUT2D eigenvalue weighted by molar-refractivity contribution is 5.93. The molecule has 1 aliphatic rings. The molecule has 0 radical (unpaired) electrons. The topological polar surface area (TPSA) is 98.3 Å². The van der Waals surface area contributed by atoms with Gasteiger partial charge in [-0.15, -0.1) is 0 Å². The van der Waals surface area contributed by atoms with Crippen LogP contribution in [0.25, 0.3) is 0 Å². The molecule has 1 aromatic heterocycles. The zero-order valence-corrected chi connectivity index (χ0v) is 12.8. The lowest BCUT2D eigenvalue weighted by Crippen LogP contribution is -2.37. The fourth-order valence-corrected chi connectivity index (χ4v) is 3.24. The molecule has 0 aromatic carbocycles. The van der Waals surface area contributed by atoms with E-state index in [-0.39, 0.29) is 11.4 Å². The molecule has 0 spiro atoms. The van der Waals surface area contributed by atoms with Gasteiger partial charge in [0.05, 0.1) is 5.69 Å². The summed E-state index contributed by atoms with van der Waals surface area (Å²) >= 11 is 0. The van der Waals surface area contributed by atoms with Crippen LogP contribution in [0.1, 0.15) is 61.4 Å². The molecule has 0 bridgehead atoms. The maximum atomic E-state index is 11.2. The summed E-state index contributed by atoms with van der Waals surface area (Å²) in [7, 11) is 0. The van der Waals surface area contributed by atoms with Gasteiger partial charge in [0, 0.05) is 6.61 Å². The molecule has 1 fully saturated rings. The first-order valence-electron chi connectivity index (χ1n) is 7.41. The number of carboxylic acids is 1. The zero-order chi connectivity index (χ0) is 15.6. The van der Waals surface area contributed by atoms with Gasteiger partial charge in [-0.05, 0) is 39.0 Å². The van der Waals surface area contributed by atoms with Gasteiger partial charge in [0.1, 0.15) is 17.0 Å². The highest BCUT2D eigenvalue weighted by Gasteiger charge is 2.40. The van der Waals surface area contributed by atoms with Crippen LogP contribution in [0.4, 0.5) is 5.82 Å². The van der Waals surface area contributed by atoms with E-state index >= 15 is 0 Å². The molecule has 6 heteroatoms. The summed E-state index contributed by atoms with van der Waals surface area (Å²) < 4.78 is 6.01. The Hall–Kier alpha value is -1.69. The number of nitrogens with zero attached hydrogens (tertiary/aromatic N) is 2. The van der Waals surface area contributed by atoms with E-state index in [1.165, 1.54) is 0 Å². The van der Waals surface area contributed by atoms with Gasteiger partial charge in [0.25, 0.3) is 0 Å². The molecule has 0 saturated heterocycles. The molecule has 1 saturated carbocycles. The summed E-state index contributed by atoms with van der Waals surface area (Å²) in [6.45, 7) is 6.35. The third-order valence-electron chi connectivity index (χ3n) is 4.12. The second kappa shape index (κ2) is 5.97. The fourth-order valence-electron chi connectivity index (χ4n) is 3.24. The van der Waals surface area contributed by atoms with Crippen LogP contribution in [0.3, 0.4) is 0 Å². The Kier molecular flexibility index (Phi) is 4.46. The molecule has 1 aliphatic carbocycles. The minimum absolute atomic E-state index is 0.0160. The predicted molar refractivity (Wildman–Crippen MR) is 79.1 cm³/mol. The molecule has 2 rings (SSSR count). The highest BCUT2D eigenvalue weighted by atomic mass is 16.5. The molecule has 1 heterocycles. The number of nitrogen functional groups attached to an aromatic ring is 1. The molecule has 116 valence electrons. The lowest BCUT2D eigenvalue weighted by Gasteiger charge is -2.38.